The molecule has 3 nitrogen and oxygen atoms in total. The van der Waals surface area contributed by atoms with Crippen molar-refractivity contribution in [3.05, 3.63) is 0 Å². The quantitative estimate of drug-likeness (QED) is 0.830. The molecule has 2 aliphatic rings. The van der Waals surface area contributed by atoms with Gasteiger partial charge in [-0.3, -0.25) is 4.90 Å². The number of piperidine rings is 1. The number of likely N-dealkylation sites (N-methyl/N-ethyl adjacent to an activating group) is 1. The Kier molecular flexibility index (Phi) is 4.50. The SMILES string of the molecule is CN1CCC(NC2CCN(CC(F)(F)F)CC2)C1. The topological polar surface area (TPSA) is 18.5 Å². The molecule has 1 N–H and O–H groups in total. The van der Waals surface area contributed by atoms with Gasteiger partial charge in [-0.2, -0.15) is 13.2 Å². The summed E-state index contributed by atoms with van der Waals surface area (Å²) in [5, 5.41) is 3.58. The molecule has 0 aliphatic carbocycles. The highest BCUT2D eigenvalue weighted by Crippen LogP contribution is 2.20. The molecule has 0 spiro atoms. The van der Waals surface area contributed by atoms with Gasteiger partial charge < -0.3 is 10.2 Å². The van der Waals surface area contributed by atoms with Crippen LogP contribution in [0.1, 0.15) is 19.3 Å². The van der Waals surface area contributed by atoms with Crippen LogP contribution in [0.2, 0.25) is 0 Å². The molecule has 18 heavy (non-hydrogen) atoms. The standard InChI is InChI=1S/C12H22F3N3/c1-17-5-2-11(8-17)16-10-3-6-18(7-4-10)9-12(13,14)15/h10-11,16H,2-9H2,1H3. The maximum absolute atomic E-state index is 12.2. The first kappa shape index (κ1) is 14.1. The third-order valence-electron chi connectivity index (χ3n) is 3.85. The van der Waals surface area contributed by atoms with Crippen LogP contribution < -0.4 is 5.32 Å². The first-order valence-corrected chi connectivity index (χ1v) is 6.66. The van der Waals surface area contributed by atoms with Crippen LogP contribution in [0.15, 0.2) is 0 Å². The maximum atomic E-state index is 12.2. The smallest absolute Gasteiger partial charge is 0.310 e. The van der Waals surface area contributed by atoms with Crippen LogP contribution in [0.4, 0.5) is 13.2 Å². The molecule has 0 bridgehead atoms. The Hall–Kier alpha value is -0.330. The Morgan fingerprint density at radius 2 is 1.67 bits per heavy atom. The third kappa shape index (κ3) is 4.40. The summed E-state index contributed by atoms with van der Waals surface area (Å²) in [6.45, 7) is 2.53. The normalized spacial score (nSPS) is 29.0. The van der Waals surface area contributed by atoms with E-state index in [4.69, 9.17) is 0 Å². The van der Waals surface area contributed by atoms with Crippen LogP contribution in [0, 0.1) is 0 Å². The van der Waals surface area contributed by atoms with Gasteiger partial charge >= 0.3 is 6.18 Å². The summed E-state index contributed by atoms with van der Waals surface area (Å²) in [6, 6.07) is 0.917. The minimum atomic E-state index is -4.06. The second-order valence-corrected chi connectivity index (χ2v) is 5.58. The Morgan fingerprint density at radius 3 is 2.17 bits per heavy atom. The lowest BCUT2D eigenvalue weighted by Gasteiger charge is -2.34. The number of nitrogens with zero attached hydrogens (tertiary/aromatic N) is 2. The maximum Gasteiger partial charge on any atom is 0.401 e. The predicted octanol–water partition coefficient (Wildman–Crippen LogP) is 1.31. The van der Waals surface area contributed by atoms with Crippen LogP contribution >= 0.6 is 0 Å². The molecule has 2 aliphatic heterocycles. The van der Waals surface area contributed by atoms with E-state index in [1.54, 1.807) is 0 Å². The molecule has 2 heterocycles. The second-order valence-electron chi connectivity index (χ2n) is 5.58. The van der Waals surface area contributed by atoms with Gasteiger partial charge in [-0.05, 0) is 45.9 Å². The number of nitrogens with one attached hydrogen (secondary N) is 1. The highest BCUT2D eigenvalue weighted by atomic mass is 19.4. The fourth-order valence-electron chi connectivity index (χ4n) is 2.92. The van der Waals surface area contributed by atoms with E-state index in [1.165, 1.54) is 4.90 Å². The molecule has 1 unspecified atom stereocenters. The Bertz CT molecular complexity index is 262. The highest BCUT2D eigenvalue weighted by molar-refractivity contribution is 4.85. The highest BCUT2D eigenvalue weighted by Gasteiger charge is 2.33. The Labute approximate surface area is 106 Å². The van der Waals surface area contributed by atoms with Gasteiger partial charge in [-0.15, -0.1) is 0 Å². The summed E-state index contributed by atoms with van der Waals surface area (Å²) in [5.74, 6) is 0. The fraction of sp³-hybridized carbons (Fsp3) is 1.00. The molecule has 0 aromatic carbocycles. The number of halogens is 3. The van der Waals surface area contributed by atoms with Gasteiger partial charge in [-0.25, -0.2) is 0 Å². The first-order valence-electron chi connectivity index (χ1n) is 6.66. The van der Waals surface area contributed by atoms with Crippen molar-refractivity contribution >= 4 is 0 Å². The summed E-state index contributed by atoms with van der Waals surface area (Å²) in [4.78, 5) is 3.80. The lowest BCUT2D eigenvalue weighted by atomic mass is 10.0. The monoisotopic (exact) mass is 265 g/mol. The summed E-state index contributed by atoms with van der Waals surface area (Å²) >= 11 is 0. The van der Waals surface area contributed by atoms with E-state index in [1.807, 2.05) is 0 Å². The van der Waals surface area contributed by atoms with Crippen molar-refractivity contribution in [1.82, 2.24) is 15.1 Å². The molecule has 106 valence electrons. The van der Waals surface area contributed by atoms with E-state index >= 15 is 0 Å². The van der Waals surface area contributed by atoms with Crippen molar-refractivity contribution < 1.29 is 13.2 Å². The van der Waals surface area contributed by atoms with Gasteiger partial charge in [0.25, 0.3) is 0 Å². The summed E-state index contributed by atoms with van der Waals surface area (Å²) < 4.78 is 36.7. The van der Waals surface area contributed by atoms with Crippen LogP contribution in [0.3, 0.4) is 0 Å². The molecule has 6 heteroatoms. The summed E-state index contributed by atoms with van der Waals surface area (Å²) in [6.07, 6.45) is -1.25. The van der Waals surface area contributed by atoms with Gasteiger partial charge in [0.05, 0.1) is 6.54 Å². The number of hydrogen-bond donors (Lipinski definition) is 1. The van der Waals surface area contributed by atoms with E-state index in [0.29, 0.717) is 25.2 Å². The zero-order valence-corrected chi connectivity index (χ0v) is 10.8. The summed E-state index contributed by atoms with van der Waals surface area (Å²) in [5.41, 5.74) is 0. The van der Waals surface area contributed by atoms with E-state index in [9.17, 15) is 13.2 Å². The molecule has 1 atom stereocenters. The number of likely N-dealkylation sites (tertiary alicyclic amines) is 2. The van der Waals surface area contributed by atoms with Crippen molar-refractivity contribution in [2.24, 2.45) is 0 Å². The zero-order valence-electron chi connectivity index (χ0n) is 10.8. The Balaban J connectivity index is 1.67. The van der Waals surface area contributed by atoms with Crippen molar-refractivity contribution in [3.8, 4) is 0 Å². The molecule has 0 aromatic heterocycles. The van der Waals surface area contributed by atoms with Gasteiger partial charge in [0.15, 0.2) is 0 Å². The lowest BCUT2D eigenvalue weighted by Crippen LogP contribution is -2.48. The van der Waals surface area contributed by atoms with Crippen molar-refractivity contribution in [2.45, 2.75) is 37.5 Å². The number of alkyl halides is 3. The Morgan fingerprint density at radius 1 is 1.06 bits per heavy atom. The molecule has 0 aromatic rings. The van der Waals surface area contributed by atoms with E-state index in [2.05, 4.69) is 17.3 Å². The molecule has 0 radical (unpaired) electrons. The summed E-state index contributed by atoms with van der Waals surface area (Å²) in [7, 11) is 2.10. The molecular weight excluding hydrogens is 243 g/mol. The van der Waals surface area contributed by atoms with Gasteiger partial charge in [0.2, 0.25) is 0 Å². The van der Waals surface area contributed by atoms with Crippen LogP contribution in [0.25, 0.3) is 0 Å². The average molecular weight is 265 g/mol. The van der Waals surface area contributed by atoms with Gasteiger partial charge in [0, 0.05) is 18.6 Å². The van der Waals surface area contributed by atoms with Crippen LogP contribution in [-0.4, -0.2) is 67.8 Å². The molecule has 0 amide bonds. The lowest BCUT2D eigenvalue weighted by molar-refractivity contribution is -0.148. The van der Waals surface area contributed by atoms with Crippen LogP contribution in [-0.2, 0) is 0 Å². The van der Waals surface area contributed by atoms with Gasteiger partial charge in [0.1, 0.15) is 0 Å². The zero-order chi connectivity index (χ0) is 13.2. The van der Waals surface area contributed by atoms with E-state index < -0.39 is 12.7 Å². The van der Waals surface area contributed by atoms with Crippen molar-refractivity contribution in [2.75, 3.05) is 39.8 Å². The van der Waals surface area contributed by atoms with E-state index in [0.717, 1.165) is 32.4 Å². The van der Waals surface area contributed by atoms with E-state index in [-0.39, 0.29) is 0 Å². The third-order valence-corrected chi connectivity index (χ3v) is 3.85. The first-order chi connectivity index (χ1) is 8.42. The minimum Gasteiger partial charge on any atom is -0.310 e. The second kappa shape index (κ2) is 5.75. The molecule has 2 fully saturated rings. The molecule has 2 saturated heterocycles. The fourth-order valence-corrected chi connectivity index (χ4v) is 2.92. The minimum absolute atomic E-state index is 0.394. The van der Waals surface area contributed by atoms with Crippen LogP contribution in [0.5, 0.6) is 0 Å². The van der Waals surface area contributed by atoms with Gasteiger partial charge in [-0.1, -0.05) is 0 Å². The molecule has 2 rings (SSSR count). The molecule has 0 saturated carbocycles. The number of hydrogen-bond acceptors (Lipinski definition) is 3. The van der Waals surface area contributed by atoms with Crippen molar-refractivity contribution in [1.29, 1.82) is 0 Å². The molecular formula is C12H22F3N3. The predicted molar refractivity (Wildman–Crippen MR) is 64.6 cm³/mol. The average Bonchev–Trinajstić information content (AvgIpc) is 2.65. The largest absolute Gasteiger partial charge is 0.401 e. The van der Waals surface area contributed by atoms with Crippen molar-refractivity contribution in [3.63, 3.8) is 0 Å². The number of rotatable bonds is 3.